The van der Waals surface area contributed by atoms with Crippen molar-refractivity contribution in [2.24, 2.45) is 0 Å². The lowest BCUT2D eigenvalue weighted by Gasteiger charge is -2.22. The Morgan fingerprint density at radius 1 is 0.596 bits per heavy atom. The van der Waals surface area contributed by atoms with Gasteiger partial charge >= 0.3 is 0 Å². The number of aromatic nitrogens is 1. The van der Waals surface area contributed by atoms with E-state index in [2.05, 4.69) is 141 Å². The molecule has 9 aromatic rings. The summed E-state index contributed by atoms with van der Waals surface area (Å²) in [6.45, 7) is 6.79. The number of anilines is 2. The molecule has 0 saturated carbocycles. The first-order valence-corrected chi connectivity index (χ1v) is 16.2. The highest BCUT2D eigenvalue weighted by Gasteiger charge is 2.31. The topological polar surface area (TPSA) is 43.2 Å². The van der Waals surface area contributed by atoms with E-state index in [0.717, 1.165) is 83.1 Å². The minimum absolute atomic E-state index is 0.00716. The number of hydrogen-bond acceptors (Lipinski definition) is 3. The van der Waals surface area contributed by atoms with Crippen LogP contribution in [0.4, 0.5) is 11.4 Å². The summed E-state index contributed by atoms with van der Waals surface area (Å²) in [4.78, 5) is 0. The second-order valence-corrected chi connectivity index (χ2v) is 13.7. The van der Waals surface area contributed by atoms with Crippen LogP contribution in [-0.2, 0) is 5.41 Å². The summed E-state index contributed by atoms with van der Waals surface area (Å²) in [5.41, 5.74) is 13.8. The zero-order chi connectivity index (χ0) is 31.4. The van der Waals surface area contributed by atoms with Gasteiger partial charge in [-0.15, -0.1) is 0 Å². The Kier molecular flexibility index (Phi) is 5.32. The monoisotopic (exact) mass is 605 g/mol. The number of benzene rings is 6. The van der Waals surface area contributed by atoms with Crippen molar-refractivity contribution in [1.82, 2.24) is 4.57 Å². The Morgan fingerprint density at radius 3 is 2.26 bits per heavy atom. The minimum Gasteiger partial charge on any atom is -0.469 e. The molecule has 0 atom stereocenters. The first kappa shape index (κ1) is 26.5. The molecule has 0 saturated heterocycles. The maximum absolute atomic E-state index is 6.71. The van der Waals surface area contributed by atoms with E-state index >= 15 is 0 Å². The molecule has 0 unspecified atom stereocenters. The van der Waals surface area contributed by atoms with Crippen molar-refractivity contribution in [3.63, 3.8) is 0 Å². The molecule has 0 fully saturated rings. The Hall–Kier alpha value is -5.68. The SMILES string of the molecule is CC(C)(C)c1ccc2oc3c(c2c1)-n1c2cc4c(cc2c2ccc(-c5ccccc5Nc5ccccc5)c(c21)[B]3)oc1ccccc14. The van der Waals surface area contributed by atoms with Crippen LogP contribution in [0.25, 0.3) is 71.5 Å². The third-order valence-electron chi connectivity index (χ3n) is 9.79. The van der Waals surface area contributed by atoms with Crippen molar-refractivity contribution < 1.29 is 8.83 Å². The highest BCUT2D eigenvalue weighted by molar-refractivity contribution is 6.73. The maximum atomic E-state index is 6.71. The van der Waals surface area contributed by atoms with E-state index < -0.39 is 0 Å². The standard InChI is InChI=1S/C42H30BN2O2/c1-42(2,3)24-17-20-36-32(21-24)40-41(47-36)43-38-28(26-13-7-9-15-33(26)44-25-11-5-4-6-12-25)18-19-29-30-23-37-31(22-34(30)45(40)39(29)38)27-14-8-10-16-35(27)46-37/h4-23,44H,1-3H3. The molecule has 1 N–H and O–H groups in total. The largest absolute Gasteiger partial charge is 0.469 e. The van der Waals surface area contributed by atoms with Crippen molar-refractivity contribution in [2.45, 2.75) is 26.2 Å². The lowest BCUT2D eigenvalue weighted by Crippen LogP contribution is -2.36. The summed E-state index contributed by atoms with van der Waals surface area (Å²) >= 11 is 0. The second-order valence-electron chi connectivity index (χ2n) is 13.7. The number of furan rings is 2. The molecule has 47 heavy (non-hydrogen) atoms. The number of para-hydroxylation sites is 3. The summed E-state index contributed by atoms with van der Waals surface area (Å²) in [6, 6.07) is 42.9. The van der Waals surface area contributed by atoms with Crippen LogP contribution < -0.4 is 16.4 Å². The van der Waals surface area contributed by atoms with Gasteiger partial charge in [-0.3, -0.25) is 0 Å². The maximum Gasteiger partial charge on any atom is 0.247 e. The highest BCUT2D eigenvalue weighted by Crippen LogP contribution is 2.42. The number of hydrogen-bond donors (Lipinski definition) is 1. The van der Waals surface area contributed by atoms with Gasteiger partial charge in [0.25, 0.3) is 0 Å². The summed E-state index contributed by atoms with van der Waals surface area (Å²) in [5, 5.41) is 9.39. The van der Waals surface area contributed by atoms with Crippen molar-refractivity contribution in [3.05, 3.63) is 127 Å². The lowest BCUT2D eigenvalue weighted by molar-refractivity contribution is 0.590. The van der Waals surface area contributed by atoms with E-state index in [9.17, 15) is 0 Å². The van der Waals surface area contributed by atoms with Gasteiger partial charge in [0.05, 0.1) is 16.9 Å². The van der Waals surface area contributed by atoms with Crippen molar-refractivity contribution >= 4 is 84.5 Å². The predicted octanol–water partition coefficient (Wildman–Crippen LogP) is 10.1. The van der Waals surface area contributed by atoms with Crippen molar-refractivity contribution in [1.29, 1.82) is 0 Å². The third kappa shape index (κ3) is 3.83. The van der Waals surface area contributed by atoms with Crippen LogP contribution in [-0.4, -0.2) is 11.8 Å². The zero-order valence-corrected chi connectivity index (χ0v) is 26.4. The molecule has 4 heterocycles. The molecular formula is C42H30BN2O2. The predicted molar refractivity (Wildman–Crippen MR) is 197 cm³/mol. The number of nitrogens with one attached hydrogen (secondary N) is 1. The van der Waals surface area contributed by atoms with Crippen LogP contribution in [0.5, 0.6) is 0 Å². The van der Waals surface area contributed by atoms with Gasteiger partial charge in [0.2, 0.25) is 7.28 Å². The van der Waals surface area contributed by atoms with Crippen LogP contribution in [0, 0.1) is 0 Å². The van der Waals surface area contributed by atoms with Crippen LogP contribution in [0.3, 0.4) is 0 Å². The Balaban J connectivity index is 1.31. The van der Waals surface area contributed by atoms with E-state index in [-0.39, 0.29) is 5.41 Å². The van der Waals surface area contributed by atoms with Gasteiger partial charge in [-0.05, 0) is 70.5 Å². The lowest BCUT2D eigenvalue weighted by atomic mass is 9.62. The third-order valence-corrected chi connectivity index (χ3v) is 9.79. The fourth-order valence-corrected chi connectivity index (χ4v) is 7.49. The molecule has 3 aromatic heterocycles. The van der Waals surface area contributed by atoms with E-state index in [0.29, 0.717) is 0 Å². The molecule has 10 rings (SSSR count). The van der Waals surface area contributed by atoms with E-state index in [4.69, 9.17) is 8.83 Å². The summed E-state index contributed by atoms with van der Waals surface area (Å²) in [6.07, 6.45) is 0. The molecule has 0 aliphatic carbocycles. The van der Waals surface area contributed by atoms with E-state index in [1.54, 1.807) is 0 Å². The van der Waals surface area contributed by atoms with Crippen LogP contribution in [0.15, 0.2) is 130 Å². The Labute approximate surface area is 272 Å². The molecule has 4 nitrogen and oxygen atoms in total. The van der Waals surface area contributed by atoms with Gasteiger partial charge < -0.3 is 18.7 Å². The van der Waals surface area contributed by atoms with E-state index in [1.807, 2.05) is 18.2 Å². The number of rotatable bonds is 3. The first-order chi connectivity index (χ1) is 22.9. The van der Waals surface area contributed by atoms with Gasteiger partial charge in [0.15, 0.2) is 0 Å². The van der Waals surface area contributed by atoms with Crippen molar-refractivity contribution in [3.8, 4) is 16.8 Å². The first-order valence-electron chi connectivity index (χ1n) is 16.2. The molecule has 0 bridgehead atoms. The normalized spacial score (nSPS) is 12.7. The number of nitrogens with zero attached hydrogens (tertiary/aromatic N) is 1. The minimum atomic E-state index is 0.00716. The number of fused-ring (bicyclic) bond motifs is 10. The second kappa shape index (κ2) is 9.43. The van der Waals surface area contributed by atoms with Gasteiger partial charge in [-0.2, -0.15) is 0 Å². The smallest absolute Gasteiger partial charge is 0.247 e. The van der Waals surface area contributed by atoms with E-state index in [1.165, 1.54) is 16.5 Å². The molecule has 6 aromatic carbocycles. The molecule has 1 aliphatic rings. The zero-order valence-electron chi connectivity index (χ0n) is 26.4. The van der Waals surface area contributed by atoms with Crippen LogP contribution >= 0.6 is 0 Å². The van der Waals surface area contributed by atoms with Gasteiger partial charge in [0, 0.05) is 49.4 Å². The molecule has 0 spiro atoms. The summed E-state index contributed by atoms with van der Waals surface area (Å²) < 4.78 is 15.6. The fourth-order valence-electron chi connectivity index (χ4n) is 7.49. The molecule has 0 amide bonds. The van der Waals surface area contributed by atoms with Crippen molar-refractivity contribution in [2.75, 3.05) is 5.32 Å². The molecule has 1 radical (unpaired) electrons. The quantitative estimate of drug-likeness (QED) is 0.204. The summed E-state index contributed by atoms with van der Waals surface area (Å²) in [5.74, 6) is 0. The summed E-state index contributed by atoms with van der Waals surface area (Å²) in [7, 11) is 2.25. The molecule has 223 valence electrons. The fraction of sp³-hybridized carbons (Fsp3) is 0.0952. The molecule has 5 heteroatoms. The van der Waals surface area contributed by atoms with Gasteiger partial charge in [-0.25, -0.2) is 0 Å². The van der Waals surface area contributed by atoms with Gasteiger partial charge in [-0.1, -0.05) is 93.6 Å². The van der Waals surface area contributed by atoms with Crippen LogP contribution in [0.1, 0.15) is 26.3 Å². The van der Waals surface area contributed by atoms with Gasteiger partial charge in [0.1, 0.15) is 16.7 Å². The average Bonchev–Trinajstić information content (AvgIpc) is 3.74. The molecule has 1 aliphatic heterocycles. The Morgan fingerprint density at radius 2 is 1.38 bits per heavy atom. The molecular weight excluding hydrogens is 575 g/mol. The highest BCUT2D eigenvalue weighted by atomic mass is 16.3. The Bertz CT molecular complexity index is 2720. The van der Waals surface area contributed by atoms with Crippen LogP contribution in [0.2, 0.25) is 0 Å². The average molecular weight is 606 g/mol.